The van der Waals surface area contributed by atoms with Gasteiger partial charge in [-0.15, -0.1) is 0 Å². The number of ether oxygens (including phenoxy) is 1. The summed E-state index contributed by atoms with van der Waals surface area (Å²) in [5.41, 5.74) is 0.820. The van der Waals surface area contributed by atoms with Crippen LogP contribution >= 0.6 is 15.9 Å². The van der Waals surface area contributed by atoms with Gasteiger partial charge in [-0.25, -0.2) is 9.78 Å². The van der Waals surface area contributed by atoms with E-state index in [4.69, 9.17) is 4.74 Å². The lowest BCUT2D eigenvalue weighted by Gasteiger charge is -2.33. The number of amides is 1. The molecule has 2 rings (SSSR count). The summed E-state index contributed by atoms with van der Waals surface area (Å²) in [6.45, 7) is 7.17. The summed E-state index contributed by atoms with van der Waals surface area (Å²) in [6, 6.07) is 4.07. The van der Waals surface area contributed by atoms with Crippen LogP contribution in [0.3, 0.4) is 0 Å². The number of carbonyl (C=O) groups excluding carboxylic acids is 1. The van der Waals surface area contributed by atoms with Gasteiger partial charge in [-0.3, -0.25) is 0 Å². The van der Waals surface area contributed by atoms with Gasteiger partial charge in [0.25, 0.3) is 0 Å². The van der Waals surface area contributed by atoms with Gasteiger partial charge in [0.1, 0.15) is 10.2 Å². The van der Waals surface area contributed by atoms with E-state index in [-0.39, 0.29) is 6.09 Å². The van der Waals surface area contributed by atoms with Crippen molar-refractivity contribution in [3.8, 4) is 0 Å². The Morgan fingerprint density at radius 2 is 2.00 bits per heavy atom. The summed E-state index contributed by atoms with van der Waals surface area (Å²) >= 11 is 3.35. The van der Waals surface area contributed by atoms with E-state index in [2.05, 4.69) is 27.0 Å². The largest absolute Gasteiger partial charge is 0.444 e. The lowest BCUT2D eigenvalue weighted by Crippen LogP contribution is -2.41. The minimum atomic E-state index is -0.427. The number of aromatic nitrogens is 1. The second-order valence-corrected chi connectivity index (χ2v) is 6.97. The molecule has 0 N–H and O–H groups in total. The van der Waals surface area contributed by atoms with Gasteiger partial charge in [0.2, 0.25) is 0 Å². The zero-order chi connectivity index (χ0) is 14.8. The number of hydrogen-bond acceptors (Lipinski definition) is 3. The van der Waals surface area contributed by atoms with Gasteiger partial charge in [0.15, 0.2) is 0 Å². The summed E-state index contributed by atoms with van der Waals surface area (Å²) in [5, 5.41) is 0. The van der Waals surface area contributed by atoms with Crippen molar-refractivity contribution < 1.29 is 9.53 Å². The number of carbonyl (C=O) groups is 1. The molecule has 0 aliphatic carbocycles. The van der Waals surface area contributed by atoms with E-state index in [0.717, 1.165) is 30.5 Å². The number of hydrogen-bond donors (Lipinski definition) is 0. The summed E-state index contributed by atoms with van der Waals surface area (Å²) in [7, 11) is 0. The van der Waals surface area contributed by atoms with Gasteiger partial charge < -0.3 is 9.64 Å². The Kier molecular flexibility index (Phi) is 4.68. The van der Waals surface area contributed by atoms with Crippen molar-refractivity contribution in [2.75, 3.05) is 13.1 Å². The molecular weight excluding hydrogens is 320 g/mol. The van der Waals surface area contributed by atoms with Crippen molar-refractivity contribution in [1.29, 1.82) is 0 Å². The van der Waals surface area contributed by atoms with E-state index in [9.17, 15) is 4.79 Å². The Hall–Kier alpha value is -1.10. The SMILES string of the molecule is CC(C)(C)OC(=O)N1CCC(c2ccc(Br)nc2)CC1. The number of halogens is 1. The molecule has 1 saturated heterocycles. The Morgan fingerprint density at radius 3 is 2.50 bits per heavy atom. The first-order valence-electron chi connectivity index (χ1n) is 6.94. The zero-order valence-corrected chi connectivity index (χ0v) is 13.8. The molecule has 4 nitrogen and oxygen atoms in total. The smallest absolute Gasteiger partial charge is 0.410 e. The fourth-order valence-electron chi connectivity index (χ4n) is 2.35. The molecule has 2 heterocycles. The number of nitrogens with zero attached hydrogens (tertiary/aromatic N) is 2. The predicted octanol–water partition coefficient (Wildman–Crippen LogP) is 3.96. The van der Waals surface area contributed by atoms with Crippen LogP contribution in [-0.4, -0.2) is 34.7 Å². The standard InChI is InChI=1S/C15H21BrN2O2/c1-15(2,3)20-14(19)18-8-6-11(7-9-18)12-4-5-13(16)17-10-12/h4-5,10-11H,6-9H2,1-3H3. The second kappa shape index (κ2) is 6.12. The molecule has 0 aromatic carbocycles. The Labute approximate surface area is 128 Å². The third-order valence-corrected chi connectivity index (χ3v) is 3.84. The molecule has 110 valence electrons. The van der Waals surface area contributed by atoms with Crippen LogP contribution in [0.4, 0.5) is 4.79 Å². The quantitative estimate of drug-likeness (QED) is 0.726. The molecule has 20 heavy (non-hydrogen) atoms. The average molecular weight is 341 g/mol. The molecule has 1 aromatic heterocycles. The highest BCUT2D eigenvalue weighted by Gasteiger charge is 2.27. The van der Waals surface area contributed by atoms with E-state index in [0.29, 0.717) is 5.92 Å². The van der Waals surface area contributed by atoms with Crippen LogP contribution in [0.5, 0.6) is 0 Å². The Balaban J connectivity index is 1.89. The number of likely N-dealkylation sites (tertiary alicyclic amines) is 1. The number of piperidine rings is 1. The van der Waals surface area contributed by atoms with Crippen molar-refractivity contribution in [1.82, 2.24) is 9.88 Å². The molecule has 0 atom stereocenters. The predicted molar refractivity (Wildman–Crippen MR) is 81.7 cm³/mol. The highest BCUT2D eigenvalue weighted by Crippen LogP contribution is 2.28. The maximum Gasteiger partial charge on any atom is 0.410 e. The lowest BCUT2D eigenvalue weighted by molar-refractivity contribution is 0.0205. The summed E-state index contributed by atoms with van der Waals surface area (Å²) in [5.74, 6) is 0.481. The van der Waals surface area contributed by atoms with Gasteiger partial charge in [-0.2, -0.15) is 0 Å². The fourth-order valence-corrected chi connectivity index (χ4v) is 2.59. The molecular formula is C15H21BrN2O2. The number of rotatable bonds is 1. The first-order valence-corrected chi connectivity index (χ1v) is 7.74. The summed E-state index contributed by atoms with van der Waals surface area (Å²) < 4.78 is 6.26. The Morgan fingerprint density at radius 1 is 1.35 bits per heavy atom. The second-order valence-electron chi connectivity index (χ2n) is 6.16. The maximum atomic E-state index is 12.0. The Bertz CT molecular complexity index is 460. The van der Waals surface area contributed by atoms with E-state index in [1.165, 1.54) is 5.56 Å². The number of pyridine rings is 1. The monoisotopic (exact) mass is 340 g/mol. The van der Waals surface area contributed by atoms with E-state index >= 15 is 0 Å². The molecule has 0 unspecified atom stereocenters. The summed E-state index contributed by atoms with van der Waals surface area (Å²) in [4.78, 5) is 18.1. The van der Waals surface area contributed by atoms with Crippen LogP contribution < -0.4 is 0 Å². The van der Waals surface area contributed by atoms with E-state index in [1.807, 2.05) is 33.0 Å². The van der Waals surface area contributed by atoms with Gasteiger partial charge in [0.05, 0.1) is 0 Å². The van der Waals surface area contributed by atoms with Crippen LogP contribution in [0.1, 0.15) is 45.1 Å². The highest BCUT2D eigenvalue weighted by molar-refractivity contribution is 9.10. The van der Waals surface area contributed by atoms with Gasteiger partial charge >= 0.3 is 6.09 Å². The van der Waals surface area contributed by atoms with Gasteiger partial charge in [-0.1, -0.05) is 6.07 Å². The van der Waals surface area contributed by atoms with Crippen LogP contribution in [0.25, 0.3) is 0 Å². The molecule has 0 radical (unpaired) electrons. The molecule has 0 spiro atoms. The molecule has 1 aromatic rings. The molecule has 0 saturated carbocycles. The molecule has 1 fully saturated rings. The topological polar surface area (TPSA) is 42.4 Å². The van der Waals surface area contributed by atoms with Crippen LogP contribution in [0.2, 0.25) is 0 Å². The molecule has 5 heteroatoms. The highest BCUT2D eigenvalue weighted by atomic mass is 79.9. The van der Waals surface area contributed by atoms with Gasteiger partial charge in [-0.05, 0) is 67.1 Å². The van der Waals surface area contributed by atoms with Crippen LogP contribution in [0, 0.1) is 0 Å². The minimum absolute atomic E-state index is 0.204. The van der Waals surface area contributed by atoms with Crippen molar-refractivity contribution >= 4 is 22.0 Å². The van der Waals surface area contributed by atoms with Crippen molar-refractivity contribution in [2.45, 2.75) is 45.1 Å². The van der Waals surface area contributed by atoms with E-state index in [1.54, 1.807) is 4.90 Å². The first kappa shape index (κ1) is 15.3. The third kappa shape index (κ3) is 4.20. The molecule has 1 amide bonds. The molecule has 1 aliphatic rings. The van der Waals surface area contributed by atoms with Crippen molar-refractivity contribution in [2.24, 2.45) is 0 Å². The third-order valence-electron chi connectivity index (χ3n) is 3.37. The van der Waals surface area contributed by atoms with Crippen molar-refractivity contribution in [3.63, 3.8) is 0 Å². The molecule has 1 aliphatic heterocycles. The summed E-state index contributed by atoms with van der Waals surface area (Å²) in [6.07, 6.45) is 3.63. The van der Waals surface area contributed by atoms with E-state index < -0.39 is 5.60 Å². The lowest BCUT2D eigenvalue weighted by atomic mass is 9.91. The minimum Gasteiger partial charge on any atom is -0.444 e. The fraction of sp³-hybridized carbons (Fsp3) is 0.600. The van der Waals surface area contributed by atoms with Crippen LogP contribution in [-0.2, 0) is 4.74 Å². The maximum absolute atomic E-state index is 12.0. The first-order chi connectivity index (χ1) is 9.35. The van der Waals surface area contributed by atoms with Gasteiger partial charge in [0, 0.05) is 19.3 Å². The van der Waals surface area contributed by atoms with Crippen molar-refractivity contribution in [3.05, 3.63) is 28.5 Å². The zero-order valence-electron chi connectivity index (χ0n) is 12.2. The van der Waals surface area contributed by atoms with Crippen LogP contribution in [0.15, 0.2) is 22.9 Å². The molecule has 0 bridgehead atoms. The average Bonchev–Trinajstić information content (AvgIpc) is 2.38. The normalized spacial score (nSPS) is 17.1.